The lowest BCUT2D eigenvalue weighted by atomic mass is 10.1. The molecule has 1 aromatic rings. The molecule has 0 spiro atoms. The summed E-state index contributed by atoms with van der Waals surface area (Å²) in [6.07, 6.45) is -0.306. The summed E-state index contributed by atoms with van der Waals surface area (Å²) < 4.78 is 11.8. The van der Waals surface area contributed by atoms with Crippen molar-refractivity contribution in [2.75, 3.05) is 26.4 Å². The molecule has 2 N–H and O–H groups in total. The Morgan fingerprint density at radius 2 is 1.90 bits per heavy atom. The molecule has 1 rings (SSSR count). The van der Waals surface area contributed by atoms with Crippen LogP contribution in [0.3, 0.4) is 0 Å². The zero-order valence-corrected chi connectivity index (χ0v) is 14.6. The molecule has 0 heterocycles. The van der Waals surface area contributed by atoms with E-state index in [2.05, 4.69) is 34.2 Å². The van der Waals surface area contributed by atoms with E-state index in [-0.39, 0.29) is 12.1 Å². The predicted octanol–water partition coefficient (Wildman–Crippen LogP) is 2.90. The minimum absolute atomic E-state index is 0.166. The maximum Gasteiger partial charge on any atom is 0.0897 e. The van der Waals surface area contributed by atoms with Crippen LogP contribution in [0.25, 0.3) is 0 Å². The van der Waals surface area contributed by atoms with Crippen molar-refractivity contribution in [3.8, 4) is 0 Å². The molecule has 0 aliphatic heterocycles. The van der Waals surface area contributed by atoms with Gasteiger partial charge in [0.1, 0.15) is 0 Å². The van der Waals surface area contributed by atoms with Gasteiger partial charge in [0, 0.05) is 17.1 Å². The van der Waals surface area contributed by atoms with E-state index < -0.39 is 6.10 Å². The fourth-order valence-corrected chi connectivity index (χ4v) is 2.50. The number of rotatable bonds is 10. The van der Waals surface area contributed by atoms with Crippen molar-refractivity contribution >= 4 is 15.9 Å². The van der Waals surface area contributed by atoms with Gasteiger partial charge >= 0.3 is 0 Å². The number of hydrogen-bond donors (Lipinski definition) is 2. The van der Waals surface area contributed by atoms with Crippen LogP contribution in [0.5, 0.6) is 0 Å². The third kappa shape index (κ3) is 7.93. The van der Waals surface area contributed by atoms with Gasteiger partial charge in [0.05, 0.1) is 32.0 Å². The summed E-state index contributed by atoms with van der Waals surface area (Å²) in [6, 6.07) is 8.24. The lowest BCUT2D eigenvalue weighted by molar-refractivity contribution is -0.0104. The van der Waals surface area contributed by atoms with Gasteiger partial charge in [0.25, 0.3) is 0 Å². The molecule has 0 amide bonds. The van der Waals surface area contributed by atoms with Crippen LogP contribution in [0, 0.1) is 0 Å². The van der Waals surface area contributed by atoms with Crippen molar-refractivity contribution in [2.45, 2.75) is 39.0 Å². The summed E-state index contributed by atoms with van der Waals surface area (Å²) in [7, 11) is 0. The van der Waals surface area contributed by atoms with Gasteiger partial charge < -0.3 is 19.9 Å². The maximum absolute atomic E-state index is 9.88. The molecule has 0 radical (unpaired) electrons. The fraction of sp³-hybridized carbons (Fsp3) is 0.625. The summed E-state index contributed by atoms with van der Waals surface area (Å²) in [5.74, 6) is 0. The Balaban J connectivity index is 2.18. The molecule has 0 saturated carbocycles. The predicted molar refractivity (Wildman–Crippen MR) is 88.5 cm³/mol. The Kier molecular flexibility index (Phi) is 9.11. The molecule has 0 aromatic heterocycles. The minimum Gasteiger partial charge on any atom is -0.389 e. The number of benzene rings is 1. The van der Waals surface area contributed by atoms with Gasteiger partial charge in [-0.1, -0.05) is 34.1 Å². The molecular formula is C16H26BrNO3. The summed E-state index contributed by atoms with van der Waals surface area (Å²) in [6.45, 7) is 7.93. The zero-order chi connectivity index (χ0) is 15.7. The van der Waals surface area contributed by atoms with E-state index in [1.807, 2.05) is 32.0 Å². The van der Waals surface area contributed by atoms with Crippen LogP contribution < -0.4 is 5.32 Å². The Morgan fingerprint density at radius 3 is 2.57 bits per heavy atom. The number of hydrogen-bond acceptors (Lipinski definition) is 4. The van der Waals surface area contributed by atoms with Gasteiger partial charge in [-0.25, -0.2) is 0 Å². The molecule has 0 bridgehead atoms. The number of halogens is 1. The summed E-state index contributed by atoms with van der Waals surface area (Å²) in [5.41, 5.74) is 1.18. The normalized spacial score (nSPS) is 14.4. The molecule has 0 fully saturated rings. The number of aliphatic hydroxyl groups excluding tert-OH is 1. The van der Waals surface area contributed by atoms with Crippen molar-refractivity contribution in [1.82, 2.24) is 5.32 Å². The molecule has 5 heteroatoms. The quantitative estimate of drug-likeness (QED) is 0.630. The summed E-state index contributed by atoms with van der Waals surface area (Å²) in [4.78, 5) is 0. The van der Waals surface area contributed by atoms with E-state index in [1.165, 1.54) is 5.56 Å². The smallest absolute Gasteiger partial charge is 0.0897 e. The topological polar surface area (TPSA) is 50.7 Å². The second kappa shape index (κ2) is 10.3. The first kappa shape index (κ1) is 18.6. The first-order valence-corrected chi connectivity index (χ1v) is 8.15. The van der Waals surface area contributed by atoms with Crippen LogP contribution in [0.1, 0.15) is 32.4 Å². The summed E-state index contributed by atoms with van der Waals surface area (Å²) in [5, 5.41) is 13.2. The molecular weight excluding hydrogens is 334 g/mol. The van der Waals surface area contributed by atoms with Gasteiger partial charge in [0.15, 0.2) is 0 Å². The second-order valence-corrected chi connectivity index (χ2v) is 6.15. The molecule has 120 valence electrons. The molecule has 4 nitrogen and oxygen atoms in total. The second-order valence-electron chi connectivity index (χ2n) is 5.30. The van der Waals surface area contributed by atoms with Crippen LogP contribution >= 0.6 is 15.9 Å². The van der Waals surface area contributed by atoms with Gasteiger partial charge in [0.2, 0.25) is 0 Å². The van der Waals surface area contributed by atoms with E-state index in [9.17, 15) is 5.11 Å². The zero-order valence-electron chi connectivity index (χ0n) is 13.0. The van der Waals surface area contributed by atoms with Gasteiger partial charge in [-0.3, -0.25) is 0 Å². The first-order chi connectivity index (χ1) is 10.0. The van der Waals surface area contributed by atoms with Crippen molar-refractivity contribution in [3.63, 3.8) is 0 Å². The molecule has 21 heavy (non-hydrogen) atoms. The number of nitrogens with one attached hydrogen (secondary N) is 1. The SMILES string of the molecule is CC(C)OCCOCC(O)CN[C@@H](C)c1ccccc1Br. The standard InChI is InChI=1S/C16H26BrNO3/c1-12(2)21-9-8-20-11-14(19)10-18-13(3)15-6-4-5-7-16(15)17/h4-7,12-14,18-19H,8-11H2,1-3H3/t13-,14?/m0/s1. The molecule has 0 aliphatic rings. The highest BCUT2D eigenvalue weighted by Crippen LogP contribution is 2.22. The third-order valence-electron chi connectivity index (χ3n) is 3.02. The number of ether oxygens (including phenoxy) is 2. The first-order valence-electron chi connectivity index (χ1n) is 7.36. The monoisotopic (exact) mass is 359 g/mol. The van der Waals surface area contributed by atoms with Crippen LogP contribution in [0.15, 0.2) is 28.7 Å². The van der Waals surface area contributed by atoms with Crippen molar-refractivity contribution in [2.24, 2.45) is 0 Å². The molecule has 0 saturated heterocycles. The van der Waals surface area contributed by atoms with Crippen molar-refractivity contribution < 1.29 is 14.6 Å². The van der Waals surface area contributed by atoms with Crippen LogP contribution in [0.2, 0.25) is 0 Å². The average Bonchev–Trinajstić information content (AvgIpc) is 2.44. The summed E-state index contributed by atoms with van der Waals surface area (Å²) >= 11 is 3.53. The maximum atomic E-state index is 9.88. The van der Waals surface area contributed by atoms with Gasteiger partial charge in [-0.15, -0.1) is 0 Å². The highest BCUT2D eigenvalue weighted by atomic mass is 79.9. The van der Waals surface area contributed by atoms with E-state index in [0.29, 0.717) is 26.4 Å². The third-order valence-corrected chi connectivity index (χ3v) is 3.74. The Morgan fingerprint density at radius 1 is 1.19 bits per heavy atom. The van der Waals surface area contributed by atoms with Crippen LogP contribution in [-0.2, 0) is 9.47 Å². The number of aliphatic hydroxyl groups is 1. The van der Waals surface area contributed by atoms with Crippen LogP contribution in [0.4, 0.5) is 0 Å². The molecule has 2 atom stereocenters. The Labute approximate surface area is 136 Å². The Bertz CT molecular complexity index is 401. The van der Waals surface area contributed by atoms with Gasteiger partial charge in [-0.2, -0.15) is 0 Å². The lowest BCUT2D eigenvalue weighted by Crippen LogP contribution is -2.32. The van der Waals surface area contributed by atoms with E-state index in [1.54, 1.807) is 0 Å². The highest BCUT2D eigenvalue weighted by molar-refractivity contribution is 9.10. The van der Waals surface area contributed by atoms with E-state index >= 15 is 0 Å². The van der Waals surface area contributed by atoms with Gasteiger partial charge in [-0.05, 0) is 32.4 Å². The van der Waals surface area contributed by atoms with Crippen molar-refractivity contribution in [3.05, 3.63) is 34.3 Å². The van der Waals surface area contributed by atoms with E-state index in [4.69, 9.17) is 9.47 Å². The largest absolute Gasteiger partial charge is 0.389 e. The average molecular weight is 360 g/mol. The van der Waals surface area contributed by atoms with E-state index in [0.717, 1.165) is 4.47 Å². The molecule has 1 unspecified atom stereocenters. The Hall–Kier alpha value is -0.460. The lowest BCUT2D eigenvalue weighted by Gasteiger charge is -2.18. The van der Waals surface area contributed by atoms with Crippen LogP contribution in [-0.4, -0.2) is 43.7 Å². The minimum atomic E-state index is -0.519. The highest BCUT2D eigenvalue weighted by Gasteiger charge is 2.11. The molecule has 0 aliphatic carbocycles. The fourth-order valence-electron chi connectivity index (χ4n) is 1.87. The van der Waals surface area contributed by atoms with Crippen molar-refractivity contribution in [1.29, 1.82) is 0 Å². The molecule has 1 aromatic carbocycles.